The van der Waals surface area contributed by atoms with Crippen molar-refractivity contribution in [1.82, 2.24) is 15.3 Å². The molecule has 0 aliphatic carbocycles. The summed E-state index contributed by atoms with van der Waals surface area (Å²) in [7, 11) is 0. The van der Waals surface area contributed by atoms with Gasteiger partial charge in [0.2, 0.25) is 5.95 Å². The summed E-state index contributed by atoms with van der Waals surface area (Å²) in [6.07, 6.45) is 5.84. The van der Waals surface area contributed by atoms with E-state index in [1.54, 1.807) is 12.4 Å². The van der Waals surface area contributed by atoms with E-state index < -0.39 is 0 Å². The maximum Gasteiger partial charge on any atom is 0.225 e. The molecule has 19 heavy (non-hydrogen) atoms. The Balaban J connectivity index is 1.84. The van der Waals surface area contributed by atoms with Gasteiger partial charge >= 0.3 is 0 Å². The van der Waals surface area contributed by atoms with Gasteiger partial charge in [-0.25, -0.2) is 9.97 Å². The van der Waals surface area contributed by atoms with E-state index in [1.165, 1.54) is 12.8 Å². The molecule has 1 aliphatic heterocycles. The molecule has 0 spiro atoms. The van der Waals surface area contributed by atoms with Gasteiger partial charge in [-0.05, 0) is 37.8 Å². The molecule has 0 aromatic carbocycles. The summed E-state index contributed by atoms with van der Waals surface area (Å²) in [5.41, 5.74) is 0. The Bertz CT molecular complexity index is 380. The molecule has 0 radical (unpaired) electrons. The second-order valence-electron chi connectivity index (χ2n) is 5.71. The van der Waals surface area contributed by atoms with Crippen molar-refractivity contribution in [3.63, 3.8) is 0 Å². The average molecular weight is 283 g/mol. The summed E-state index contributed by atoms with van der Waals surface area (Å²) in [6, 6.07) is 0. The third-order valence-electron chi connectivity index (χ3n) is 3.39. The van der Waals surface area contributed by atoms with Gasteiger partial charge in [-0.3, -0.25) is 0 Å². The molecule has 4 nitrogen and oxygen atoms in total. The minimum atomic E-state index is 0.593. The average Bonchev–Trinajstić information content (AvgIpc) is 2.39. The first kappa shape index (κ1) is 14.5. The fourth-order valence-corrected chi connectivity index (χ4v) is 2.56. The number of nitrogens with zero attached hydrogens (tertiary/aromatic N) is 3. The van der Waals surface area contributed by atoms with Crippen LogP contribution in [0.25, 0.3) is 0 Å². The van der Waals surface area contributed by atoms with Crippen molar-refractivity contribution < 1.29 is 0 Å². The summed E-state index contributed by atoms with van der Waals surface area (Å²) in [6.45, 7) is 8.73. The van der Waals surface area contributed by atoms with Crippen LogP contribution >= 0.6 is 11.6 Å². The molecule has 2 rings (SSSR count). The van der Waals surface area contributed by atoms with Crippen LogP contribution in [0.3, 0.4) is 0 Å². The van der Waals surface area contributed by atoms with Crippen LogP contribution in [-0.2, 0) is 0 Å². The molecule has 1 aromatic heterocycles. The predicted molar refractivity (Wildman–Crippen MR) is 79.7 cm³/mol. The van der Waals surface area contributed by atoms with Gasteiger partial charge in [-0.15, -0.1) is 0 Å². The zero-order valence-electron chi connectivity index (χ0n) is 11.8. The van der Waals surface area contributed by atoms with Crippen LogP contribution in [0.15, 0.2) is 12.4 Å². The van der Waals surface area contributed by atoms with Gasteiger partial charge in [0.1, 0.15) is 0 Å². The minimum absolute atomic E-state index is 0.593. The Morgan fingerprint density at radius 1 is 1.42 bits per heavy atom. The molecule has 0 bridgehead atoms. The van der Waals surface area contributed by atoms with Crippen LogP contribution in [0.4, 0.5) is 5.95 Å². The molecule has 1 aromatic rings. The lowest BCUT2D eigenvalue weighted by molar-refractivity contribution is 0.380. The van der Waals surface area contributed by atoms with Gasteiger partial charge in [0.15, 0.2) is 0 Å². The van der Waals surface area contributed by atoms with Crippen LogP contribution in [0.2, 0.25) is 5.02 Å². The summed E-state index contributed by atoms with van der Waals surface area (Å²) in [4.78, 5) is 10.9. The Labute approximate surface area is 120 Å². The first-order valence-electron chi connectivity index (χ1n) is 7.08. The van der Waals surface area contributed by atoms with E-state index in [1.807, 2.05) is 0 Å². The number of hydrogen-bond acceptors (Lipinski definition) is 4. The first-order chi connectivity index (χ1) is 9.15. The molecule has 0 saturated carbocycles. The maximum atomic E-state index is 5.82. The number of rotatable bonds is 5. The van der Waals surface area contributed by atoms with Crippen molar-refractivity contribution in [2.75, 3.05) is 31.1 Å². The van der Waals surface area contributed by atoms with Gasteiger partial charge in [-0.2, -0.15) is 0 Å². The lowest BCUT2D eigenvalue weighted by atomic mass is 9.98. The largest absolute Gasteiger partial charge is 0.341 e. The van der Waals surface area contributed by atoms with Crippen molar-refractivity contribution in [3.8, 4) is 0 Å². The molecule has 1 fully saturated rings. The van der Waals surface area contributed by atoms with E-state index in [4.69, 9.17) is 11.6 Å². The standard InChI is InChI=1S/C14H23ClN4/c1-11(2)6-16-7-12-4-3-5-19(10-12)14-17-8-13(15)9-18-14/h8-9,11-12,16H,3-7,10H2,1-2H3. The van der Waals surface area contributed by atoms with E-state index in [0.29, 0.717) is 16.9 Å². The lowest BCUT2D eigenvalue weighted by Crippen LogP contribution is -2.41. The van der Waals surface area contributed by atoms with Crippen LogP contribution in [0.1, 0.15) is 26.7 Å². The first-order valence-corrected chi connectivity index (χ1v) is 7.46. The highest BCUT2D eigenvalue weighted by atomic mass is 35.5. The van der Waals surface area contributed by atoms with Gasteiger partial charge in [-0.1, -0.05) is 25.4 Å². The van der Waals surface area contributed by atoms with Gasteiger partial charge in [0.25, 0.3) is 0 Å². The quantitative estimate of drug-likeness (QED) is 0.901. The van der Waals surface area contributed by atoms with E-state index in [-0.39, 0.29) is 0 Å². The number of nitrogens with one attached hydrogen (secondary N) is 1. The minimum Gasteiger partial charge on any atom is -0.341 e. The van der Waals surface area contributed by atoms with Crippen molar-refractivity contribution in [2.24, 2.45) is 11.8 Å². The zero-order valence-corrected chi connectivity index (χ0v) is 12.5. The van der Waals surface area contributed by atoms with Crippen molar-refractivity contribution in [3.05, 3.63) is 17.4 Å². The highest BCUT2D eigenvalue weighted by Gasteiger charge is 2.21. The van der Waals surface area contributed by atoms with Crippen molar-refractivity contribution >= 4 is 17.5 Å². The molecule has 5 heteroatoms. The van der Waals surface area contributed by atoms with Crippen LogP contribution in [0.5, 0.6) is 0 Å². The molecule has 106 valence electrons. The van der Waals surface area contributed by atoms with Gasteiger partial charge < -0.3 is 10.2 Å². The monoisotopic (exact) mass is 282 g/mol. The summed E-state index contributed by atoms with van der Waals surface area (Å²) in [5.74, 6) is 2.20. The SMILES string of the molecule is CC(C)CNCC1CCCN(c2ncc(Cl)cn2)C1. The fraction of sp³-hybridized carbons (Fsp3) is 0.714. The molecule has 1 N–H and O–H groups in total. The van der Waals surface area contributed by atoms with Crippen LogP contribution in [-0.4, -0.2) is 36.1 Å². The van der Waals surface area contributed by atoms with Crippen molar-refractivity contribution in [2.45, 2.75) is 26.7 Å². The molecule has 2 heterocycles. The summed E-state index contributed by atoms with van der Waals surface area (Å²) in [5, 5.41) is 4.14. The topological polar surface area (TPSA) is 41.0 Å². The fourth-order valence-electron chi connectivity index (χ4n) is 2.46. The third kappa shape index (κ3) is 4.62. The highest BCUT2D eigenvalue weighted by Crippen LogP contribution is 2.20. The summed E-state index contributed by atoms with van der Waals surface area (Å²) >= 11 is 5.82. The normalized spacial score (nSPS) is 20.0. The Morgan fingerprint density at radius 2 is 2.16 bits per heavy atom. The highest BCUT2D eigenvalue weighted by molar-refractivity contribution is 6.30. The molecular weight excluding hydrogens is 260 g/mol. The number of hydrogen-bond donors (Lipinski definition) is 1. The third-order valence-corrected chi connectivity index (χ3v) is 3.59. The maximum absolute atomic E-state index is 5.82. The van der Waals surface area contributed by atoms with Crippen LogP contribution < -0.4 is 10.2 Å². The van der Waals surface area contributed by atoms with E-state index in [2.05, 4.69) is 34.0 Å². The number of aromatic nitrogens is 2. The Hall–Kier alpha value is -0.870. The number of piperidine rings is 1. The molecule has 1 aliphatic rings. The van der Waals surface area contributed by atoms with E-state index >= 15 is 0 Å². The second-order valence-corrected chi connectivity index (χ2v) is 6.14. The Kier molecular flexibility index (Phi) is 5.40. The smallest absolute Gasteiger partial charge is 0.225 e. The van der Waals surface area contributed by atoms with Crippen molar-refractivity contribution in [1.29, 1.82) is 0 Å². The van der Waals surface area contributed by atoms with Gasteiger partial charge in [0.05, 0.1) is 17.4 Å². The van der Waals surface area contributed by atoms with Crippen LogP contribution in [0, 0.1) is 11.8 Å². The van der Waals surface area contributed by atoms with E-state index in [0.717, 1.165) is 32.1 Å². The molecule has 1 saturated heterocycles. The molecule has 0 amide bonds. The summed E-state index contributed by atoms with van der Waals surface area (Å²) < 4.78 is 0. The number of halogens is 1. The Morgan fingerprint density at radius 3 is 2.84 bits per heavy atom. The zero-order chi connectivity index (χ0) is 13.7. The van der Waals surface area contributed by atoms with E-state index in [9.17, 15) is 0 Å². The molecule has 1 unspecified atom stereocenters. The molecular formula is C14H23ClN4. The number of anilines is 1. The van der Waals surface area contributed by atoms with Gasteiger partial charge in [0, 0.05) is 13.1 Å². The second kappa shape index (κ2) is 7.06. The lowest BCUT2D eigenvalue weighted by Gasteiger charge is -2.33. The molecule has 1 atom stereocenters. The predicted octanol–water partition coefficient (Wildman–Crippen LogP) is 2.59.